The molecule has 154 valence electrons. The molecule has 0 spiro atoms. The number of halogens is 3. The molecule has 7 nitrogen and oxygen atoms in total. The smallest absolute Gasteiger partial charge is 0.454 e. The SMILES string of the molecule is C[C@@H](OC(=O)c1ccc(OC(F)(F)F)cc1)C(=O)NCc1ccc2c(c1)OCO2. The molecule has 1 amide bonds. The van der Waals surface area contributed by atoms with Gasteiger partial charge in [-0.15, -0.1) is 13.2 Å². The van der Waals surface area contributed by atoms with Gasteiger partial charge in [0.25, 0.3) is 5.91 Å². The summed E-state index contributed by atoms with van der Waals surface area (Å²) in [5.74, 6) is -0.658. The van der Waals surface area contributed by atoms with Crippen LogP contribution < -0.4 is 19.5 Å². The van der Waals surface area contributed by atoms with Crippen molar-refractivity contribution >= 4 is 11.9 Å². The fourth-order valence-corrected chi connectivity index (χ4v) is 2.46. The number of nitrogens with one attached hydrogen (secondary N) is 1. The van der Waals surface area contributed by atoms with E-state index in [1.54, 1.807) is 18.2 Å². The van der Waals surface area contributed by atoms with Gasteiger partial charge >= 0.3 is 12.3 Å². The largest absolute Gasteiger partial charge is 0.573 e. The summed E-state index contributed by atoms with van der Waals surface area (Å²) in [6.45, 7) is 1.70. The summed E-state index contributed by atoms with van der Waals surface area (Å²) < 4.78 is 55.7. The molecule has 29 heavy (non-hydrogen) atoms. The van der Waals surface area contributed by atoms with E-state index in [0.29, 0.717) is 11.5 Å². The summed E-state index contributed by atoms with van der Waals surface area (Å²) in [7, 11) is 0. The summed E-state index contributed by atoms with van der Waals surface area (Å²) in [6.07, 6.45) is -5.94. The molecule has 0 saturated heterocycles. The zero-order valence-electron chi connectivity index (χ0n) is 15.1. The first-order valence-corrected chi connectivity index (χ1v) is 8.44. The molecule has 2 aromatic rings. The number of carbonyl (C=O) groups is 2. The van der Waals surface area contributed by atoms with Gasteiger partial charge in [0.2, 0.25) is 6.79 Å². The number of esters is 1. The number of hydrogen-bond acceptors (Lipinski definition) is 6. The minimum absolute atomic E-state index is 0.0186. The van der Waals surface area contributed by atoms with E-state index < -0.39 is 30.1 Å². The number of alkyl halides is 3. The van der Waals surface area contributed by atoms with E-state index in [9.17, 15) is 22.8 Å². The van der Waals surface area contributed by atoms with Crippen LogP contribution in [0.5, 0.6) is 17.2 Å². The quantitative estimate of drug-likeness (QED) is 0.736. The average Bonchev–Trinajstić information content (AvgIpc) is 3.13. The Labute approximate surface area is 163 Å². The van der Waals surface area contributed by atoms with Gasteiger partial charge < -0.3 is 24.3 Å². The minimum atomic E-state index is -4.83. The van der Waals surface area contributed by atoms with E-state index in [4.69, 9.17) is 14.2 Å². The van der Waals surface area contributed by atoms with Crippen molar-refractivity contribution in [3.63, 3.8) is 0 Å². The lowest BCUT2D eigenvalue weighted by Crippen LogP contribution is -2.35. The van der Waals surface area contributed by atoms with Gasteiger partial charge in [-0.2, -0.15) is 0 Å². The highest BCUT2D eigenvalue weighted by Gasteiger charge is 2.31. The standard InChI is InChI=1S/C19H16F3NO6/c1-11(17(24)23-9-12-2-7-15-16(8-12)27-10-26-15)28-18(25)13-3-5-14(6-4-13)29-19(20,21)22/h2-8,11H,9-10H2,1H3,(H,23,24)/t11-/m1/s1. The molecule has 0 bridgehead atoms. The Hall–Kier alpha value is -3.43. The monoisotopic (exact) mass is 411 g/mol. The Kier molecular flexibility index (Phi) is 5.81. The van der Waals surface area contributed by atoms with Gasteiger partial charge in [-0.25, -0.2) is 4.79 Å². The van der Waals surface area contributed by atoms with Crippen molar-refractivity contribution in [3.8, 4) is 17.2 Å². The van der Waals surface area contributed by atoms with Gasteiger partial charge in [-0.05, 0) is 48.9 Å². The highest BCUT2D eigenvalue weighted by molar-refractivity contribution is 5.92. The number of hydrogen-bond donors (Lipinski definition) is 1. The highest BCUT2D eigenvalue weighted by atomic mass is 19.4. The fourth-order valence-electron chi connectivity index (χ4n) is 2.46. The van der Waals surface area contributed by atoms with Crippen molar-refractivity contribution in [3.05, 3.63) is 53.6 Å². The van der Waals surface area contributed by atoms with E-state index in [1.807, 2.05) is 0 Å². The molecule has 0 unspecified atom stereocenters. The maximum absolute atomic E-state index is 12.2. The lowest BCUT2D eigenvalue weighted by Gasteiger charge is -2.14. The van der Waals surface area contributed by atoms with Gasteiger partial charge in [-0.1, -0.05) is 6.07 Å². The maximum atomic E-state index is 12.2. The normalized spacial score (nSPS) is 13.5. The lowest BCUT2D eigenvalue weighted by atomic mass is 10.2. The van der Waals surface area contributed by atoms with Gasteiger partial charge in [0.05, 0.1) is 5.56 Å². The summed E-state index contributed by atoms with van der Waals surface area (Å²) in [6, 6.07) is 9.39. The van der Waals surface area contributed by atoms with E-state index in [0.717, 1.165) is 29.8 Å². The van der Waals surface area contributed by atoms with E-state index in [-0.39, 0.29) is 18.9 Å². The van der Waals surface area contributed by atoms with Crippen molar-refractivity contribution in [2.75, 3.05) is 6.79 Å². The maximum Gasteiger partial charge on any atom is 0.573 e. The minimum Gasteiger partial charge on any atom is -0.454 e. The van der Waals surface area contributed by atoms with Crippen LogP contribution in [0.3, 0.4) is 0 Å². The third-order valence-electron chi connectivity index (χ3n) is 3.88. The molecule has 1 aliphatic heterocycles. The Morgan fingerprint density at radius 3 is 2.48 bits per heavy atom. The molecule has 0 aliphatic carbocycles. The molecule has 0 saturated carbocycles. The van der Waals surface area contributed by atoms with Crippen LogP contribution >= 0.6 is 0 Å². The third kappa shape index (κ3) is 5.53. The number of fused-ring (bicyclic) bond motifs is 1. The van der Waals surface area contributed by atoms with Gasteiger partial charge in [-0.3, -0.25) is 4.79 Å². The topological polar surface area (TPSA) is 83.1 Å². The van der Waals surface area contributed by atoms with Crippen LogP contribution in [0.4, 0.5) is 13.2 Å². The molecule has 2 aromatic carbocycles. The van der Waals surface area contributed by atoms with E-state index in [1.165, 1.54) is 6.92 Å². The second-order valence-electron chi connectivity index (χ2n) is 6.03. The zero-order chi connectivity index (χ0) is 21.0. The Morgan fingerprint density at radius 2 is 1.79 bits per heavy atom. The molecule has 0 radical (unpaired) electrons. The van der Waals surface area contributed by atoms with Crippen molar-refractivity contribution in [1.82, 2.24) is 5.32 Å². The number of benzene rings is 2. The molecule has 1 N–H and O–H groups in total. The predicted octanol–water partition coefficient (Wildman–Crippen LogP) is 3.18. The number of amides is 1. The molecular weight excluding hydrogens is 395 g/mol. The Balaban J connectivity index is 1.50. The summed E-state index contributed by atoms with van der Waals surface area (Å²) in [4.78, 5) is 24.2. The van der Waals surface area contributed by atoms with Crippen LogP contribution in [0.25, 0.3) is 0 Å². The van der Waals surface area contributed by atoms with Gasteiger partial charge in [0.1, 0.15) is 5.75 Å². The zero-order valence-corrected chi connectivity index (χ0v) is 15.1. The molecule has 1 heterocycles. The van der Waals surface area contributed by atoms with Crippen LogP contribution in [-0.2, 0) is 16.1 Å². The van der Waals surface area contributed by atoms with Crippen molar-refractivity contribution in [1.29, 1.82) is 0 Å². The molecule has 0 fully saturated rings. The Morgan fingerprint density at radius 1 is 1.10 bits per heavy atom. The van der Waals surface area contributed by atoms with Crippen LogP contribution in [0.2, 0.25) is 0 Å². The van der Waals surface area contributed by atoms with E-state index >= 15 is 0 Å². The molecular formula is C19H16F3NO6. The average molecular weight is 411 g/mol. The lowest BCUT2D eigenvalue weighted by molar-refractivity contribution is -0.274. The second-order valence-corrected chi connectivity index (χ2v) is 6.03. The van der Waals surface area contributed by atoms with E-state index in [2.05, 4.69) is 10.1 Å². The molecule has 0 aromatic heterocycles. The number of rotatable bonds is 6. The van der Waals surface area contributed by atoms with Crippen molar-refractivity contribution in [2.24, 2.45) is 0 Å². The third-order valence-corrected chi connectivity index (χ3v) is 3.88. The molecule has 1 atom stereocenters. The summed E-state index contributed by atoms with van der Waals surface area (Å²) in [5, 5.41) is 2.62. The van der Waals surface area contributed by atoms with Crippen LogP contribution in [0.15, 0.2) is 42.5 Å². The van der Waals surface area contributed by atoms with Crippen LogP contribution in [0.1, 0.15) is 22.8 Å². The van der Waals surface area contributed by atoms with Crippen LogP contribution in [-0.4, -0.2) is 31.1 Å². The van der Waals surface area contributed by atoms with Gasteiger partial charge in [0, 0.05) is 6.54 Å². The molecule has 3 rings (SSSR count). The van der Waals surface area contributed by atoms with Gasteiger partial charge in [0.15, 0.2) is 17.6 Å². The molecule has 10 heteroatoms. The summed E-state index contributed by atoms with van der Waals surface area (Å²) in [5.41, 5.74) is 0.747. The first-order chi connectivity index (χ1) is 13.7. The fraction of sp³-hybridized carbons (Fsp3) is 0.263. The first kappa shape index (κ1) is 20.3. The highest BCUT2D eigenvalue weighted by Crippen LogP contribution is 2.32. The Bertz CT molecular complexity index is 898. The first-order valence-electron chi connectivity index (χ1n) is 8.44. The second kappa shape index (κ2) is 8.29. The van der Waals surface area contributed by atoms with Crippen LogP contribution in [0, 0.1) is 0 Å². The van der Waals surface area contributed by atoms with Crippen molar-refractivity contribution in [2.45, 2.75) is 25.9 Å². The number of carbonyl (C=O) groups excluding carboxylic acids is 2. The molecule has 1 aliphatic rings. The summed E-state index contributed by atoms with van der Waals surface area (Å²) >= 11 is 0. The van der Waals surface area contributed by atoms with Crippen molar-refractivity contribution < 1.29 is 41.7 Å². The predicted molar refractivity (Wildman–Crippen MR) is 92.4 cm³/mol. The number of ether oxygens (including phenoxy) is 4.